The highest BCUT2D eigenvalue weighted by Crippen LogP contribution is 2.11. The quantitative estimate of drug-likeness (QED) is 0.720. The van der Waals surface area contributed by atoms with Gasteiger partial charge >= 0.3 is 6.03 Å². The van der Waals surface area contributed by atoms with Crippen LogP contribution in [0.5, 0.6) is 0 Å². The minimum atomic E-state index is -0.500. The first-order chi connectivity index (χ1) is 9.93. The summed E-state index contributed by atoms with van der Waals surface area (Å²) in [5, 5.41) is 15.3. The third-order valence-corrected chi connectivity index (χ3v) is 3.68. The number of hydrogen-bond donors (Lipinski definition) is 3. The van der Waals surface area contributed by atoms with Crippen molar-refractivity contribution < 1.29 is 9.90 Å². The Labute approximate surface area is 127 Å². The number of benzene rings is 1. The fourth-order valence-electron chi connectivity index (χ4n) is 1.83. The maximum Gasteiger partial charge on any atom is 0.315 e. The molecule has 2 unspecified atom stereocenters. The number of carbonyl (C=O) groups is 1. The molecule has 0 aliphatic rings. The number of aliphatic hydroxyl groups is 1. The predicted octanol–water partition coefficient (Wildman–Crippen LogP) is 1.96. The van der Waals surface area contributed by atoms with Crippen molar-refractivity contribution in [3.8, 4) is 0 Å². The van der Waals surface area contributed by atoms with Crippen LogP contribution in [-0.2, 0) is 6.54 Å². The number of urea groups is 1. The molecule has 0 saturated heterocycles. The fraction of sp³-hybridized carbons (Fsp3) is 0.562. The molecule has 0 saturated carbocycles. The van der Waals surface area contributed by atoms with Gasteiger partial charge in [-0.2, -0.15) is 0 Å². The van der Waals surface area contributed by atoms with Gasteiger partial charge in [-0.25, -0.2) is 4.79 Å². The molecule has 0 fully saturated rings. The Balaban J connectivity index is 2.32. The largest absolute Gasteiger partial charge is 0.391 e. The minimum Gasteiger partial charge on any atom is -0.391 e. The topological polar surface area (TPSA) is 64.6 Å². The van der Waals surface area contributed by atoms with Gasteiger partial charge in [0.15, 0.2) is 0 Å². The van der Waals surface area contributed by atoms with Crippen molar-refractivity contribution in [1.29, 1.82) is 0 Å². The normalized spacial score (nSPS) is 13.4. The van der Waals surface area contributed by atoms with E-state index in [0.717, 1.165) is 17.7 Å². The van der Waals surface area contributed by atoms with Gasteiger partial charge in [-0.05, 0) is 23.6 Å². The smallest absolute Gasteiger partial charge is 0.315 e. The van der Waals surface area contributed by atoms with Crippen LogP contribution < -0.4 is 15.5 Å². The molecule has 0 spiro atoms. The lowest BCUT2D eigenvalue weighted by atomic mass is 10.0. The highest BCUT2D eigenvalue weighted by molar-refractivity contribution is 5.73. The van der Waals surface area contributed by atoms with Gasteiger partial charge in [0, 0.05) is 32.9 Å². The number of carbonyl (C=O) groups excluding carboxylic acids is 1. The van der Waals surface area contributed by atoms with E-state index in [9.17, 15) is 9.90 Å². The van der Waals surface area contributed by atoms with Crippen molar-refractivity contribution >= 4 is 11.7 Å². The molecular weight excluding hydrogens is 266 g/mol. The third kappa shape index (κ3) is 6.04. The average Bonchev–Trinajstić information content (AvgIpc) is 2.49. The standard InChI is InChI=1S/C16H27N3O2/c1-5-12(2)15(20)11-18-16(21)17-10-13-6-8-14(9-7-13)19(3)4/h6-9,12,15,20H,5,10-11H2,1-4H3,(H2,17,18,21). The summed E-state index contributed by atoms with van der Waals surface area (Å²) in [5.41, 5.74) is 2.16. The summed E-state index contributed by atoms with van der Waals surface area (Å²) >= 11 is 0. The fourth-order valence-corrected chi connectivity index (χ4v) is 1.83. The molecule has 0 radical (unpaired) electrons. The Morgan fingerprint density at radius 2 is 1.86 bits per heavy atom. The first-order valence-electron chi connectivity index (χ1n) is 7.40. The molecule has 21 heavy (non-hydrogen) atoms. The molecule has 5 nitrogen and oxygen atoms in total. The van der Waals surface area contributed by atoms with Crippen LogP contribution in [0.4, 0.5) is 10.5 Å². The summed E-state index contributed by atoms with van der Waals surface area (Å²) in [5.74, 6) is 0.184. The number of hydrogen-bond acceptors (Lipinski definition) is 3. The van der Waals surface area contributed by atoms with E-state index in [1.165, 1.54) is 0 Å². The Bertz CT molecular complexity index is 432. The van der Waals surface area contributed by atoms with Crippen molar-refractivity contribution in [3.05, 3.63) is 29.8 Å². The maximum atomic E-state index is 11.7. The van der Waals surface area contributed by atoms with Crippen LogP contribution in [0, 0.1) is 5.92 Å². The Hall–Kier alpha value is -1.75. The zero-order valence-corrected chi connectivity index (χ0v) is 13.4. The van der Waals surface area contributed by atoms with Crippen molar-refractivity contribution in [1.82, 2.24) is 10.6 Å². The maximum absolute atomic E-state index is 11.7. The van der Waals surface area contributed by atoms with E-state index >= 15 is 0 Å². The van der Waals surface area contributed by atoms with Gasteiger partial charge in [0.1, 0.15) is 0 Å². The van der Waals surface area contributed by atoms with Crippen molar-refractivity contribution in [3.63, 3.8) is 0 Å². The summed E-state index contributed by atoms with van der Waals surface area (Å²) in [6, 6.07) is 7.75. The molecule has 0 bridgehead atoms. The highest BCUT2D eigenvalue weighted by atomic mass is 16.3. The van der Waals surface area contributed by atoms with Crippen molar-refractivity contribution in [2.45, 2.75) is 32.9 Å². The lowest BCUT2D eigenvalue weighted by Crippen LogP contribution is -2.41. The first-order valence-corrected chi connectivity index (χ1v) is 7.40. The SMILES string of the molecule is CCC(C)C(O)CNC(=O)NCc1ccc(N(C)C)cc1. The molecule has 3 N–H and O–H groups in total. The van der Waals surface area contributed by atoms with E-state index in [2.05, 4.69) is 10.6 Å². The zero-order valence-electron chi connectivity index (χ0n) is 13.4. The van der Waals surface area contributed by atoms with Gasteiger partial charge in [0.2, 0.25) is 0 Å². The molecule has 0 heterocycles. The van der Waals surface area contributed by atoms with Crippen LogP contribution in [0.15, 0.2) is 24.3 Å². The number of rotatable bonds is 7. The highest BCUT2D eigenvalue weighted by Gasteiger charge is 2.12. The average molecular weight is 293 g/mol. The number of aliphatic hydroxyl groups excluding tert-OH is 1. The molecular formula is C16H27N3O2. The second-order valence-electron chi connectivity index (χ2n) is 5.58. The van der Waals surface area contributed by atoms with E-state index < -0.39 is 6.10 Å². The first kappa shape index (κ1) is 17.3. The lowest BCUT2D eigenvalue weighted by Gasteiger charge is -2.18. The van der Waals surface area contributed by atoms with Gasteiger partial charge < -0.3 is 20.6 Å². The van der Waals surface area contributed by atoms with Gasteiger partial charge in [-0.15, -0.1) is 0 Å². The van der Waals surface area contributed by atoms with E-state index in [0.29, 0.717) is 6.54 Å². The molecule has 2 atom stereocenters. The van der Waals surface area contributed by atoms with Gasteiger partial charge in [-0.3, -0.25) is 0 Å². The molecule has 0 aliphatic heterocycles. The minimum absolute atomic E-state index is 0.184. The van der Waals surface area contributed by atoms with E-state index in [1.54, 1.807) is 0 Å². The molecule has 118 valence electrons. The zero-order chi connectivity index (χ0) is 15.8. The Kier molecular flexibility index (Phi) is 7.02. The predicted molar refractivity (Wildman–Crippen MR) is 86.5 cm³/mol. The van der Waals surface area contributed by atoms with Crippen molar-refractivity contribution in [2.75, 3.05) is 25.5 Å². The second-order valence-corrected chi connectivity index (χ2v) is 5.58. The summed E-state index contributed by atoms with van der Waals surface area (Å²) in [6.45, 7) is 4.74. The van der Waals surface area contributed by atoms with Gasteiger partial charge in [-0.1, -0.05) is 32.4 Å². The summed E-state index contributed by atoms with van der Waals surface area (Å²) in [6.07, 6.45) is 0.392. The number of nitrogens with one attached hydrogen (secondary N) is 2. The van der Waals surface area contributed by atoms with Crippen LogP contribution in [0.2, 0.25) is 0 Å². The molecule has 0 aliphatic carbocycles. The van der Waals surface area contributed by atoms with Crippen molar-refractivity contribution in [2.24, 2.45) is 5.92 Å². The van der Waals surface area contributed by atoms with Crippen LogP contribution in [0.3, 0.4) is 0 Å². The molecule has 5 heteroatoms. The van der Waals surface area contributed by atoms with E-state index in [4.69, 9.17) is 0 Å². The molecule has 2 amide bonds. The van der Waals surface area contributed by atoms with Crippen LogP contribution in [-0.4, -0.2) is 37.9 Å². The second kappa shape index (κ2) is 8.52. The third-order valence-electron chi connectivity index (χ3n) is 3.68. The number of anilines is 1. The molecule has 1 aromatic carbocycles. The molecule has 1 rings (SSSR count). The molecule has 0 aromatic heterocycles. The lowest BCUT2D eigenvalue weighted by molar-refractivity contribution is 0.114. The van der Waals surface area contributed by atoms with Gasteiger partial charge in [0.05, 0.1) is 6.10 Å². The van der Waals surface area contributed by atoms with Crippen LogP contribution >= 0.6 is 0 Å². The van der Waals surface area contributed by atoms with Crippen LogP contribution in [0.25, 0.3) is 0 Å². The Morgan fingerprint density at radius 3 is 2.38 bits per heavy atom. The number of nitrogens with zero attached hydrogens (tertiary/aromatic N) is 1. The summed E-state index contributed by atoms with van der Waals surface area (Å²) < 4.78 is 0. The van der Waals surface area contributed by atoms with E-state index in [-0.39, 0.29) is 18.5 Å². The number of amides is 2. The summed E-state index contributed by atoms with van der Waals surface area (Å²) in [4.78, 5) is 13.7. The summed E-state index contributed by atoms with van der Waals surface area (Å²) in [7, 11) is 3.98. The van der Waals surface area contributed by atoms with E-state index in [1.807, 2.05) is 57.1 Å². The van der Waals surface area contributed by atoms with Gasteiger partial charge in [0.25, 0.3) is 0 Å². The monoisotopic (exact) mass is 293 g/mol. The molecule has 1 aromatic rings. The van der Waals surface area contributed by atoms with Crippen LogP contribution in [0.1, 0.15) is 25.8 Å². The Morgan fingerprint density at radius 1 is 1.24 bits per heavy atom.